The highest BCUT2D eigenvalue weighted by Crippen LogP contribution is 2.39. The van der Waals surface area contributed by atoms with Gasteiger partial charge in [0.2, 0.25) is 10.0 Å². The molecule has 0 spiro atoms. The maximum Gasteiger partial charge on any atom is 0.411 e. The number of benzene rings is 2. The van der Waals surface area contributed by atoms with Gasteiger partial charge >= 0.3 is 6.09 Å². The lowest BCUT2D eigenvalue weighted by molar-refractivity contribution is -0.0644. The van der Waals surface area contributed by atoms with Crippen LogP contribution in [0.5, 0.6) is 0 Å². The number of carbonyl (C=O) groups excluding carboxylic acids is 1. The highest BCUT2D eigenvalue weighted by Gasteiger charge is 2.43. The lowest BCUT2D eigenvalue weighted by atomic mass is 9.85. The highest BCUT2D eigenvalue weighted by molar-refractivity contribution is 9.10. The fourth-order valence-electron chi connectivity index (χ4n) is 3.65. The summed E-state index contributed by atoms with van der Waals surface area (Å²) >= 11 is 3.43. The second kappa shape index (κ2) is 8.85. The number of ether oxygens (including phenoxy) is 1. The monoisotopic (exact) mass is 480 g/mol. The van der Waals surface area contributed by atoms with Crippen molar-refractivity contribution in [2.45, 2.75) is 31.4 Å². The van der Waals surface area contributed by atoms with E-state index in [-0.39, 0.29) is 12.6 Å². The summed E-state index contributed by atoms with van der Waals surface area (Å²) in [5, 5.41) is 0. The van der Waals surface area contributed by atoms with Gasteiger partial charge in [0.1, 0.15) is 5.60 Å². The number of rotatable bonds is 7. The SMILES string of the molecule is C[C@@H](c1ccc(Br)cc1)N1CC[C@](CCNS(C)(=O)=O)(c2ccccc2)OC1=O. The molecule has 1 fully saturated rings. The molecule has 0 aromatic heterocycles. The molecule has 8 heteroatoms. The van der Waals surface area contributed by atoms with E-state index < -0.39 is 21.7 Å². The maximum absolute atomic E-state index is 13.0. The number of halogens is 1. The van der Waals surface area contributed by atoms with Crippen molar-refractivity contribution in [2.75, 3.05) is 19.3 Å². The number of hydrogen-bond donors (Lipinski definition) is 1. The van der Waals surface area contributed by atoms with Crippen molar-refractivity contribution < 1.29 is 17.9 Å². The van der Waals surface area contributed by atoms with Gasteiger partial charge in [-0.2, -0.15) is 0 Å². The van der Waals surface area contributed by atoms with Crippen LogP contribution in [0.1, 0.15) is 36.9 Å². The molecule has 1 saturated heterocycles. The number of amides is 1. The molecule has 1 amide bonds. The minimum absolute atomic E-state index is 0.126. The van der Waals surface area contributed by atoms with Crippen molar-refractivity contribution in [3.8, 4) is 0 Å². The molecule has 1 aliphatic rings. The van der Waals surface area contributed by atoms with E-state index in [9.17, 15) is 13.2 Å². The third kappa shape index (κ3) is 5.38. The van der Waals surface area contributed by atoms with Crippen LogP contribution >= 0.6 is 15.9 Å². The third-order valence-corrected chi connectivity index (χ3v) is 6.54. The van der Waals surface area contributed by atoms with Gasteiger partial charge in [-0.1, -0.05) is 58.4 Å². The maximum atomic E-state index is 13.0. The van der Waals surface area contributed by atoms with Crippen LogP contribution in [-0.2, 0) is 20.4 Å². The summed E-state index contributed by atoms with van der Waals surface area (Å²) in [6, 6.07) is 17.3. The topological polar surface area (TPSA) is 75.7 Å². The molecule has 2 aromatic carbocycles. The predicted molar refractivity (Wildman–Crippen MR) is 116 cm³/mol. The third-order valence-electron chi connectivity index (χ3n) is 5.29. The normalized spacial score (nSPS) is 20.9. The van der Waals surface area contributed by atoms with E-state index in [1.54, 1.807) is 4.90 Å². The number of carbonyl (C=O) groups is 1. The quantitative estimate of drug-likeness (QED) is 0.644. The summed E-state index contributed by atoms with van der Waals surface area (Å²) in [6.07, 6.45) is 1.68. The van der Waals surface area contributed by atoms with Crippen molar-refractivity contribution in [3.05, 3.63) is 70.2 Å². The van der Waals surface area contributed by atoms with E-state index in [0.29, 0.717) is 19.4 Å². The van der Waals surface area contributed by atoms with Crippen molar-refractivity contribution in [1.82, 2.24) is 9.62 Å². The van der Waals surface area contributed by atoms with Crippen LogP contribution in [0, 0.1) is 0 Å². The molecule has 1 N–H and O–H groups in total. The van der Waals surface area contributed by atoms with Crippen LogP contribution in [0.15, 0.2) is 59.1 Å². The van der Waals surface area contributed by atoms with E-state index in [1.165, 1.54) is 0 Å². The Bertz CT molecular complexity index is 950. The second-order valence-electron chi connectivity index (χ2n) is 7.32. The van der Waals surface area contributed by atoms with Gasteiger partial charge < -0.3 is 9.64 Å². The molecule has 1 aliphatic heterocycles. The number of nitrogens with one attached hydrogen (secondary N) is 1. The lowest BCUT2D eigenvalue weighted by Gasteiger charge is -2.43. The Balaban J connectivity index is 1.80. The van der Waals surface area contributed by atoms with E-state index in [1.807, 2.05) is 61.5 Å². The minimum atomic E-state index is -3.32. The smallest absolute Gasteiger partial charge is 0.411 e. The van der Waals surface area contributed by atoms with Crippen LogP contribution in [0.3, 0.4) is 0 Å². The first-order valence-corrected chi connectivity index (χ1v) is 12.1. The zero-order valence-corrected chi connectivity index (χ0v) is 18.9. The molecule has 3 rings (SSSR count). The lowest BCUT2D eigenvalue weighted by Crippen LogP contribution is -2.49. The molecule has 2 atom stereocenters. The minimum Gasteiger partial charge on any atom is -0.438 e. The molecular formula is C21H25BrN2O4S. The summed E-state index contributed by atoms with van der Waals surface area (Å²) in [5.41, 5.74) is 1.04. The summed E-state index contributed by atoms with van der Waals surface area (Å²) in [5.74, 6) is 0. The zero-order chi connectivity index (χ0) is 21.1. The average Bonchev–Trinajstić information content (AvgIpc) is 2.68. The Kier molecular flexibility index (Phi) is 6.65. The number of cyclic esters (lactones) is 1. The summed E-state index contributed by atoms with van der Waals surface area (Å²) in [4.78, 5) is 14.7. The molecular weight excluding hydrogens is 456 g/mol. The van der Waals surface area contributed by atoms with Crippen LogP contribution in [0.4, 0.5) is 4.79 Å². The molecule has 0 radical (unpaired) electrons. The number of hydrogen-bond acceptors (Lipinski definition) is 4. The molecule has 6 nitrogen and oxygen atoms in total. The number of sulfonamides is 1. The summed E-state index contributed by atoms with van der Waals surface area (Å²) in [6.45, 7) is 2.69. The molecule has 1 heterocycles. The molecule has 0 bridgehead atoms. The Hall–Kier alpha value is -1.90. The standard InChI is InChI=1S/C21H25BrN2O4S/c1-16(17-8-10-19(22)11-9-17)24-15-13-21(28-20(24)25,12-14-23-29(2,26)27)18-6-4-3-5-7-18/h3-11,16,23H,12-15H2,1-2H3/t16-,21+/m0/s1. The van der Waals surface area contributed by atoms with Crippen molar-refractivity contribution in [1.29, 1.82) is 0 Å². The van der Waals surface area contributed by atoms with Crippen LogP contribution in [-0.4, -0.2) is 38.8 Å². The molecule has 2 aromatic rings. The first kappa shape index (κ1) is 21.8. The number of nitrogens with zero attached hydrogens (tertiary/aromatic N) is 1. The van der Waals surface area contributed by atoms with Crippen LogP contribution < -0.4 is 4.72 Å². The van der Waals surface area contributed by atoms with E-state index >= 15 is 0 Å². The van der Waals surface area contributed by atoms with Gasteiger partial charge in [0, 0.05) is 30.4 Å². The van der Waals surface area contributed by atoms with Gasteiger partial charge in [0.05, 0.1) is 12.3 Å². The Morgan fingerprint density at radius 1 is 1.17 bits per heavy atom. The van der Waals surface area contributed by atoms with Crippen LogP contribution in [0.25, 0.3) is 0 Å². The average molecular weight is 481 g/mol. The van der Waals surface area contributed by atoms with Crippen molar-refractivity contribution >= 4 is 32.0 Å². The Morgan fingerprint density at radius 2 is 1.83 bits per heavy atom. The molecule has 0 saturated carbocycles. The molecule has 156 valence electrons. The van der Waals surface area contributed by atoms with E-state index in [2.05, 4.69) is 20.7 Å². The molecule has 0 aliphatic carbocycles. The first-order chi connectivity index (χ1) is 13.7. The summed E-state index contributed by atoms with van der Waals surface area (Å²) < 4.78 is 32.4. The van der Waals surface area contributed by atoms with E-state index in [0.717, 1.165) is 21.9 Å². The van der Waals surface area contributed by atoms with Gasteiger partial charge in [0.25, 0.3) is 0 Å². The van der Waals surface area contributed by atoms with Gasteiger partial charge in [-0.15, -0.1) is 0 Å². The van der Waals surface area contributed by atoms with E-state index in [4.69, 9.17) is 4.74 Å². The van der Waals surface area contributed by atoms with Gasteiger partial charge in [-0.3, -0.25) is 0 Å². The largest absolute Gasteiger partial charge is 0.438 e. The first-order valence-electron chi connectivity index (χ1n) is 9.45. The zero-order valence-electron chi connectivity index (χ0n) is 16.5. The van der Waals surface area contributed by atoms with Crippen LogP contribution in [0.2, 0.25) is 0 Å². The Labute approximate surface area is 180 Å². The fraction of sp³-hybridized carbons (Fsp3) is 0.381. The highest BCUT2D eigenvalue weighted by atomic mass is 79.9. The van der Waals surface area contributed by atoms with Gasteiger partial charge in [-0.25, -0.2) is 17.9 Å². The second-order valence-corrected chi connectivity index (χ2v) is 10.1. The fourth-order valence-corrected chi connectivity index (χ4v) is 4.38. The molecule has 0 unspecified atom stereocenters. The Morgan fingerprint density at radius 3 is 2.41 bits per heavy atom. The van der Waals surface area contributed by atoms with Crippen molar-refractivity contribution in [3.63, 3.8) is 0 Å². The van der Waals surface area contributed by atoms with Gasteiger partial charge in [0.15, 0.2) is 0 Å². The van der Waals surface area contributed by atoms with Crippen molar-refractivity contribution in [2.24, 2.45) is 0 Å². The predicted octanol–water partition coefficient (Wildman–Crippen LogP) is 4.19. The molecule has 29 heavy (non-hydrogen) atoms. The summed E-state index contributed by atoms with van der Waals surface area (Å²) in [7, 11) is -3.32. The van der Waals surface area contributed by atoms with Gasteiger partial charge in [-0.05, 0) is 30.2 Å².